The molecule has 0 saturated heterocycles. The van der Waals surface area contributed by atoms with Gasteiger partial charge in [-0.25, -0.2) is 4.98 Å². The molecule has 0 spiro atoms. The van der Waals surface area contributed by atoms with E-state index in [0.29, 0.717) is 5.92 Å². The number of carboxylic acid groups (broad SMARTS) is 1. The molecule has 2 N–H and O–H groups in total. The molecule has 0 atom stereocenters. The Bertz CT molecular complexity index is 570. The first-order valence-electron chi connectivity index (χ1n) is 5.93. The average Bonchev–Trinajstić information content (AvgIpc) is 2.56. The quantitative estimate of drug-likeness (QED) is 0.851. The van der Waals surface area contributed by atoms with E-state index < -0.39 is 5.97 Å². The number of benzene rings is 1. The van der Waals surface area contributed by atoms with E-state index in [4.69, 9.17) is 5.11 Å². The van der Waals surface area contributed by atoms with Crippen LogP contribution in [0.2, 0.25) is 0 Å². The van der Waals surface area contributed by atoms with Crippen molar-refractivity contribution < 1.29 is 9.90 Å². The fourth-order valence-electron chi connectivity index (χ4n) is 2.24. The van der Waals surface area contributed by atoms with Crippen LogP contribution in [0.4, 0.5) is 0 Å². The van der Waals surface area contributed by atoms with E-state index in [-0.39, 0.29) is 6.42 Å². The second-order valence-electron chi connectivity index (χ2n) is 4.67. The number of aliphatic carboxylic acids is 1. The van der Waals surface area contributed by atoms with E-state index >= 15 is 0 Å². The molecule has 1 heterocycles. The van der Waals surface area contributed by atoms with Crippen molar-refractivity contribution in [3.63, 3.8) is 0 Å². The van der Waals surface area contributed by atoms with E-state index in [1.807, 2.05) is 18.2 Å². The van der Waals surface area contributed by atoms with Crippen LogP contribution in [0.25, 0.3) is 11.0 Å². The number of fused-ring (bicyclic) bond motifs is 1. The summed E-state index contributed by atoms with van der Waals surface area (Å²) in [6.07, 6.45) is 3.77. The Morgan fingerprint density at radius 3 is 2.94 bits per heavy atom. The van der Waals surface area contributed by atoms with Crippen LogP contribution in [0.5, 0.6) is 0 Å². The number of H-pyrrole nitrogens is 1. The van der Waals surface area contributed by atoms with E-state index in [1.54, 1.807) is 0 Å². The Morgan fingerprint density at radius 2 is 2.29 bits per heavy atom. The van der Waals surface area contributed by atoms with Crippen molar-refractivity contribution in [3.8, 4) is 0 Å². The van der Waals surface area contributed by atoms with Gasteiger partial charge in [-0.2, -0.15) is 0 Å². The predicted octanol–water partition coefficient (Wildman–Crippen LogP) is 2.46. The highest BCUT2D eigenvalue weighted by atomic mass is 16.4. The number of hydrogen-bond donors (Lipinski definition) is 2. The van der Waals surface area contributed by atoms with E-state index in [2.05, 4.69) is 9.97 Å². The molecule has 1 saturated carbocycles. The van der Waals surface area contributed by atoms with Gasteiger partial charge in [-0.3, -0.25) is 4.79 Å². The molecule has 4 nitrogen and oxygen atoms in total. The Labute approximate surface area is 98.7 Å². The van der Waals surface area contributed by atoms with Gasteiger partial charge in [0.05, 0.1) is 17.5 Å². The Hall–Kier alpha value is -1.84. The van der Waals surface area contributed by atoms with Crippen molar-refractivity contribution >= 4 is 17.0 Å². The summed E-state index contributed by atoms with van der Waals surface area (Å²) in [7, 11) is 0. The molecule has 1 aromatic carbocycles. The summed E-state index contributed by atoms with van der Waals surface area (Å²) < 4.78 is 0. The normalized spacial score (nSPS) is 16.0. The molecule has 4 heteroatoms. The summed E-state index contributed by atoms with van der Waals surface area (Å²) in [4.78, 5) is 18.5. The van der Waals surface area contributed by atoms with Crippen LogP contribution in [0.3, 0.4) is 0 Å². The van der Waals surface area contributed by atoms with Gasteiger partial charge in [0.1, 0.15) is 5.82 Å². The van der Waals surface area contributed by atoms with Gasteiger partial charge in [0, 0.05) is 5.92 Å². The van der Waals surface area contributed by atoms with E-state index in [9.17, 15) is 4.79 Å². The molecule has 1 aromatic heterocycles. The summed E-state index contributed by atoms with van der Waals surface area (Å²) in [5.74, 6) is 0.826. The fourth-order valence-corrected chi connectivity index (χ4v) is 2.24. The molecule has 0 unspecified atom stereocenters. The molecule has 1 aliphatic rings. The van der Waals surface area contributed by atoms with Gasteiger partial charge >= 0.3 is 5.97 Å². The molecule has 0 aliphatic heterocycles. The first kappa shape index (κ1) is 10.3. The molecule has 2 aromatic rings. The number of nitrogens with one attached hydrogen (secondary N) is 1. The zero-order valence-electron chi connectivity index (χ0n) is 9.44. The topological polar surface area (TPSA) is 66.0 Å². The highest BCUT2D eigenvalue weighted by Crippen LogP contribution is 2.35. The second-order valence-corrected chi connectivity index (χ2v) is 4.67. The zero-order valence-corrected chi connectivity index (χ0v) is 9.44. The van der Waals surface area contributed by atoms with Crippen LogP contribution in [0.1, 0.15) is 36.6 Å². The van der Waals surface area contributed by atoms with Crippen molar-refractivity contribution in [3.05, 3.63) is 29.6 Å². The molecule has 0 radical (unpaired) electrons. The van der Waals surface area contributed by atoms with Crippen molar-refractivity contribution in [1.29, 1.82) is 0 Å². The number of aromatic nitrogens is 2. The number of carboxylic acids is 1. The summed E-state index contributed by atoms with van der Waals surface area (Å²) in [5.41, 5.74) is 2.69. The first-order chi connectivity index (χ1) is 8.22. The lowest BCUT2D eigenvalue weighted by molar-refractivity contribution is -0.136. The lowest BCUT2D eigenvalue weighted by Gasteiger charge is -2.22. The molecule has 0 amide bonds. The Balaban J connectivity index is 1.95. The van der Waals surface area contributed by atoms with Crippen LogP contribution in [-0.4, -0.2) is 21.0 Å². The van der Waals surface area contributed by atoms with Crippen molar-refractivity contribution in [1.82, 2.24) is 9.97 Å². The standard InChI is InChI=1S/C13H14N2O2/c16-12(17)7-8-4-5-10-11(6-8)15-13(14-10)9-2-1-3-9/h4-6,9H,1-3,7H2,(H,14,15)(H,16,17). The van der Waals surface area contributed by atoms with Gasteiger partial charge in [-0.05, 0) is 30.5 Å². The SMILES string of the molecule is O=C(O)Cc1ccc2nc(C3CCC3)[nH]c2c1. The third-order valence-corrected chi connectivity index (χ3v) is 3.41. The highest BCUT2D eigenvalue weighted by molar-refractivity contribution is 5.78. The van der Waals surface area contributed by atoms with Crippen LogP contribution in [0, 0.1) is 0 Å². The minimum Gasteiger partial charge on any atom is -0.481 e. The van der Waals surface area contributed by atoms with Crippen LogP contribution >= 0.6 is 0 Å². The number of rotatable bonds is 3. The minimum atomic E-state index is -0.803. The number of aromatic amines is 1. The van der Waals surface area contributed by atoms with Crippen LogP contribution in [-0.2, 0) is 11.2 Å². The van der Waals surface area contributed by atoms with Crippen molar-refractivity contribution in [2.75, 3.05) is 0 Å². The number of carbonyl (C=O) groups is 1. The summed E-state index contributed by atoms with van der Waals surface area (Å²) in [5, 5.41) is 8.75. The Kier molecular flexibility index (Phi) is 2.35. The molecular formula is C13H14N2O2. The Morgan fingerprint density at radius 1 is 1.47 bits per heavy atom. The molecule has 0 bridgehead atoms. The molecule has 88 valence electrons. The van der Waals surface area contributed by atoms with Crippen LogP contribution in [0.15, 0.2) is 18.2 Å². The second kappa shape index (κ2) is 3.87. The fraction of sp³-hybridized carbons (Fsp3) is 0.385. The largest absolute Gasteiger partial charge is 0.481 e. The third-order valence-electron chi connectivity index (χ3n) is 3.41. The summed E-state index contributed by atoms with van der Waals surface area (Å²) >= 11 is 0. The third kappa shape index (κ3) is 1.90. The lowest BCUT2D eigenvalue weighted by Crippen LogP contribution is -2.10. The van der Waals surface area contributed by atoms with Gasteiger partial charge in [0.25, 0.3) is 0 Å². The average molecular weight is 230 g/mol. The van der Waals surface area contributed by atoms with E-state index in [1.165, 1.54) is 19.3 Å². The van der Waals surface area contributed by atoms with Gasteiger partial charge < -0.3 is 10.1 Å². The van der Waals surface area contributed by atoms with Gasteiger partial charge in [0.2, 0.25) is 0 Å². The monoisotopic (exact) mass is 230 g/mol. The number of hydrogen-bond acceptors (Lipinski definition) is 2. The summed E-state index contributed by atoms with van der Waals surface area (Å²) in [6, 6.07) is 5.62. The number of imidazole rings is 1. The highest BCUT2D eigenvalue weighted by Gasteiger charge is 2.22. The molecular weight excluding hydrogens is 216 g/mol. The lowest BCUT2D eigenvalue weighted by atomic mass is 9.85. The molecule has 1 aliphatic carbocycles. The minimum absolute atomic E-state index is 0.0632. The maximum atomic E-state index is 10.6. The molecule has 1 fully saturated rings. The zero-order chi connectivity index (χ0) is 11.8. The predicted molar refractivity (Wildman–Crippen MR) is 64.0 cm³/mol. The van der Waals surface area contributed by atoms with Gasteiger partial charge in [-0.1, -0.05) is 12.5 Å². The molecule has 17 heavy (non-hydrogen) atoms. The van der Waals surface area contributed by atoms with Crippen molar-refractivity contribution in [2.24, 2.45) is 0 Å². The van der Waals surface area contributed by atoms with Crippen molar-refractivity contribution in [2.45, 2.75) is 31.6 Å². The smallest absolute Gasteiger partial charge is 0.307 e. The van der Waals surface area contributed by atoms with E-state index in [0.717, 1.165) is 22.4 Å². The van der Waals surface area contributed by atoms with Gasteiger partial charge in [0.15, 0.2) is 0 Å². The van der Waals surface area contributed by atoms with Gasteiger partial charge in [-0.15, -0.1) is 0 Å². The first-order valence-corrected chi connectivity index (χ1v) is 5.93. The maximum Gasteiger partial charge on any atom is 0.307 e. The summed E-state index contributed by atoms with van der Waals surface area (Å²) in [6.45, 7) is 0. The maximum absolute atomic E-state index is 10.6. The van der Waals surface area contributed by atoms with Crippen LogP contribution < -0.4 is 0 Å². The molecule has 3 rings (SSSR count). The number of nitrogens with zero attached hydrogens (tertiary/aromatic N) is 1.